The van der Waals surface area contributed by atoms with E-state index in [0.717, 1.165) is 0 Å². The van der Waals surface area contributed by atoms with E-state index in [9.17, 15) is 0 Å². The molecular formula is C36H30Cl2Zr. The molecule has 0 aliphatic rings. The van der Waals surface area contributed by atoms with Crippen LogP contribution in [0.25, 0.3) is 43.1 Å². The monoisotopic (exact) mass is 622 g/mol. The number of hydrogen-bond acceptors (Lipinski definition) is 0. The minimum absolute atomic E-state index is 0. The summed E-state index contributed by atoms with van der Waals surface area (Å²) in [6.07, 6.45) is 0. The third-order valence-electron chi connectivity index (χ3n) is 6.19. The molecule has 0 nitrogen and oxygen atoms in total. The van der Waals surface area contributed by atoms with E-state index in [4.69, 9.17) is 0 Å². The summed E-state index contributed by atoms with van der Waals surface area (Å²) in [4.78, 5) is 0. The molecular weight excluding hydrogens is 595 g/mol. The first-order valence-corrected chi connectivity index (χ1v) is 12.3. The molecule has 8 rings (SSSR count). The van der Waals surface area contributed by atoms with Crippen molar-refractivity contribution in [3.8, 4) is 0 Å². The molecule has 0 amide bonds. The Morgan fingerprint density at radius 3 is 0.692 bits per heavy atom. The van der Waals surface area contributed by atoms with Crippen LogP contribution in [0.3, 0.4) is 0 Å². The Morgan fingerprint density at radius 1 is 0.282 bits per heavy atom. The van der Waals surface area contributed by atoms with Gasteiger partial charge in [0, 0.05) is 0 Å². The van der Waals surface area contributed by atoms with Gasteiger partial charge >= 0.3 is 26.2 Å². The van der Waals surface area contributed by atoms with Crippen molar-refractivity contribution in [2.75, 3.05) is 0 Å². The van der Waals surface area contributed by atoms with Crippen molar-refractivity contribution in [2.24, 2.45) is 0 Å². The Kier molecular flexibility index (Phi) is 13.7. The molecule has 0 spiro atoms. The zero-order valence-electron chi connectivity index (χ0n) is 21.5. The van der Waals surface area contributed by atoms with Crippen LogP contribution in [-0.2, 0) is 26.2 Å². The average molecular weight is 625 g/mol. The van der Waals surface area contributed by atoms with E-state index in [0.29, 0.717) is 0 Å². The predicted octanol–water partition coefficient (Wildman–Crippen LogP) is 11.1. The molecule has 8 aromatic carbocycles. The molecule has 3 heteroatoms. The first-order valence-electron chi connectivity index (χ1n) is 12.3. The summed E-state index contributed by atoms with van der Waals surface area (Å²) < 4.78 is 0. The van der Waals surface area contributed by atoms with E-state index < -0.39 is 0 Å². The summed E-state index contributed by atoms with van der Waals surface area (Å²) in [5.41, 5.74) is 0. The van der Waals surface area contributed by atoms with Gasteiger partial charge in [-0.15, -0.1) is 143 Å². The second kappa shape index (κ2) is 16.7. The molecule has 0 fully saturated rings. The van der Waals surface area contributed by atoms with Gasteiger partial charge in [-0.25, -0.2) is 0 Å². The van der Waals surface area contributed by atoms with Crippen LogP contribution in [0.2, 0.25) is 0 Å². The van der Waals surface area contributed by atoms with Gasteiger partial charge < -0.3 is 0 Å². The van der Waals surface area contributed by atoms with Gasteiger partial charge in [0.2, 0.25) is 0 Å². The van der Waals surface area contributed by atoms with Gasteiger partial charge in [0.1, 0.15) is 0 Å². The fraction of sp³-hybridized carbons (Fsp3) is 0. The maximum Gasteiger partial charge on any atom is 4.00 e. The summed E-state index contributed by atoms with van der Waals surface area (Å²) in [6, 6.07) is 58.7. The van der Waals surface area contributed by atoms with Crippen molar-refractivity contribution >= 4 is 67.9 Å². The van der Waals surface area contributed by atoms with Crippen LogP contribution >= 0.6 is 24.8 Å². The predicted molar refractivity (Wildman–Crippen MR) is 173 cm³/mol. The van der Waals surface area contributed by atoms with Crippen molar-refractivity contribution in [2.45, 2.75) is 0 Å². The molecule has 0 aliphatic carbocycles. The Morgan fingerprint density at radius 2 is 0.487 bits per heavy atom. The van der Waals surface area contributed by atoms with E-state index in [1.54, 1.807) is 0 Å². The molecule has 0 radical (unpaired) electrons. The number of hydrogen-bond donors (Lipinski definition) is 0. The number of halogens is 2. The third-order valence-corrected chi connectivity index (χ3v) is 6.19. The van der Waals surface area contributed by atoms with E-state index in [1.807, 2.05) is 0 Å². The molecule has 0 aliphatic heterocycles. The van der Waals surface area contributed by atoms with Gasteiger partial charge in [0.25, 0.3) is 0 Å². The molecule has 0 atom stereocenters. The molecule has 0 aromatic heterocycles. The molecule has 0 heterocycles. The SMILES string of the molecule is Cl.Cl.[Zr+4].c1ccc2[cH-]ccc2c1.c1ccc2[cH-]ccc2c1.c1ccc2[cH-]ccc2c1.c1ccc2[cH-]ccc2c1. The molecule has 8 aromatic rings. The Hall–Kier alpha value is -3.22. The zero-order chi connectivity index (χ0) is 24.4. The van der Waals surface area contributed by atoms with E-state index in [-0.39, 0.29) is 51.0 Å². The van der Waals surface area contributed by atoms with Crippen LogP contribution in [0, 0.1) is 0 Å². The fourth-order valence-electron chi connectivity index (χ4n) is 4.28. The van der Waals surface area contributed by atoms with Crippen LogP contribution in [0.5, 0.6) is 0 Å². The Balaban J connectivity index is 0.000000178. The first kappa shape index (κ1) is 32.0. The van der Waals surface area contributed by atoms with Gasteiger partial charge in [0.15, 0.2) is 0 Å². The normalized spacial score (nSPS) is 9.44. The van der Waals surface area contributed by atoms with Gasteiger partial charge in [0.05, 0.1) is 0 Å². The maximum atomic E-state index is 2.12. The van der Waals surface area contributed by atoms with E-state index >= 15 is 0 Å². The fourth-order valence-corrected chi connectivity index (χ4v) is 4.28. The van der Waals surface area contributed by atoms with E-state index in [1.165, 1.54) is 43.1 Å². The van der Waals surface area contributed by atoms with Crippen LogP contribution in [-0.4, -0.2) is 0 Å². The van der Waals surface area contributed by atoms with Crippen molar-refractivity contribution in [1.82, 2.24) is 0 Å². The van der Waals surface area contributed by atoms with Crippen LogP contribution < -0.4 is 0 Å². The third kappa shape index (κ3) is 8.91. The van der Waals surface area contributed by atoms with E-state index in [2.05, 4.69) is 170 Å². The molecule has 39 heavy (non-hydrogen) atoms. The van der Waals surface area contributed by atoms with Crippen molar-refractivity contribution in [3.05, 3.63) is 170 Å². The molecule has 0 unspecified atom stereocenters. The van der Waals surface area contributed by atoms with Gasteiger partial charge in [-0.05, 0) is 0 Å². The topological polar surface area (TPSA) is 0 Å². The molecule has 0 N–H and O–H groups in total. The van der Waals surface area contributed by atoms with Gasteiger partial charge in [-0.3, -0.25) is 0 Å². The second-order valence-corrected chi connectivity index (χ2v) is 8.62. The standard InChI is InChI=1S/4C9H7.2ClH.Zr/c4*1-2-5-9-7-3-6-8(9)4-1;;;/h4*1-7H;2*1H;/q4*-1;;;+4. The zero-order valence-corrected chi connectivity index (χ0v) is 25.6. The van der Waals surface area contributed by atoms with Crippen LogP contribution in [0.15, 0.2) is 170 Å². The number of rotatable bonds is 0. The summed E-state index contributed by atoms with van der Waals surface area (Å²) in [7, 11) is 0. The largest absolute Gasteiger partial charge is 4.00 e. The van der Waals surface area contributed by atoms with Gasteiger partial charge in [-0.2, -0.15) is 70.1 Å². The Bertz CT molecular complexity index is 1380. The molecule has 0 saturated carbocycles. The summed E-state index contributed by atoms with van der Waals surface area (Å²) >= 11 is 0. The van der Waals surface area contributed by atoms with Gasteiger partial charge in [-0.1, -0.05) is 24.3 Å². The van der Waals surface area contributed by atoms with Crippen LogP contribution in [0.4, 0.5) is 0 Å². The molecule has 0 saturated heterocycles. The van der Waals surface area contributed by atoms with Crippen LogP contribution in [0.1, 0.15) is 0 Å². The smallest absolute Gasteiger partial charge is 0.168 e. The average Bonchev–Trinajstić information content (AvgIpc) is 3.76. The van der Waals surface area contributed by atoms with Crippen molar-refractivity contribution < 1.29 is 26.2 Å². The first-order chi connectivity index (χ1) is 17.9. The Labute approximate surface area is 262 Å². The maximum absolute atomic E-state index is 2.12. The summed E-state index contributed by atoms with van der Waals surface area (Å²) in [5.74, 6) is 0. The quantitative estimate of drug-likeness (QED) is 0.147. The van der Waals surface area contributed by atoms with Crippen molar-refractivity contribution in [1.29, 1.82) is 0 Å². The minimum atomic E-state index is 0. The number of fused-ring (bicyclic) bond motifs is 4. The number of benzene rings is 4. The molecule has 192 valence electrons. The van der Waals surface area contributed by atoms with Crippen molar-refractivity contribution in [3.63, 3.8) is 0 Å². The summed E-state index contributed by atoms with van der Waals surface area (Å²) in [5, 5.41) is 10.6. The minimum Gasteiger partial charge on any atom is -0.168 e. The summed E-state index contributed by atoms with van der Waals surface area (Å²) in [6.45, 7) is 0. The molecule has 0 bridgehead atoms. The second-order valence-electron chi connectivity index (χ2n) is 8.62.